The molecule has 0 bridgehead atoms. The first kappa shape index (κ1) is 31.9. The van der Waals surface area contributed by atoms with Crippen LogP contribution in [0.15, 0.2) is 42.6 Å². The Bertz CT molecular complexity index is 1910. The number of benzene rings is 2. The van der Waals surface area contributed by atoms with Gasteiger partial charge < -0.3 is 35.1 Å². The summed E-state index contributed by atoms with van der Waals surface area (Å²) < 4.78 is 68.2. The first-order valence-corrected chi connectivity index (χ1v) is 14.6. The number of ether oxygens (including phenoxy) is 4. The van der Waals surface area contributed by atoms with Gasteiger partial charge in [-0.3, -0.25) is 14.3 Å². The van der Waals surface area contributed by atoms with Crippen LogP contribution in [0.25, 0.3) is 22.2 Å². The van der Waals surface area contributed by atoms with Crippen LogP contribution in [-0.4, -0.2) is 72.3 Å². The van der Waals surface area contributed by atoms with E-state index in [1.54, 1.807) is 10.9 Å². The number of amides is 2. The number of primary amides is 1. The number of halogens is 3. The molecule has 248 valence electrons. The van der Waals surface area contributed by atoms with Gasteiger partial charge in [-0.25, -0.2) is 4.98 Å². The minimum atomic E-state index is -5.34. The second-order valence-electron chi connectivity index (χ2n) is 11.8. The van der Waals surface area contributed by atoms with E-state index in [1.807, 2.05) is 0 Å². The van der Waals surface area contributed by atoms with Gasteiger partial charge in [-0.05, 0) is 56.2 Å². The standard InChI is InChI=1S/C32H32F3N5O7/c1-30(29(36)42)15-47-27-20(30)12-24(38-26(27)16-5-8-21(44-2)22(10-16)45-3)31(43,32(33,34)35)14-37-28(41)17-9-18-13-40(19-6-7-19)39-25(18)23(11-17)46-4/h5,8-13,19,43H,6-7,14-15H2,1-4H3,(H2,36,42)(H,37,41)/t30-,31?/m0/s1. The number of fused-ring (bicyclic) bond motifs is 2. The summed E-state index contributed by atoms with van der Waals surface area (Å²) in [6, 6.07) is 8.55. The molecule has 2 aromatic heterocycles. The maximum atomic E-state index is 14.9. The highest BCUT2D eigenvalue weighted by Gasteiger charge is 2.57. The molecule has 0 saturated heterocycles. The molecule has 1 aliphatic carbocycles. The van der Waals surface area contributed by atoms with Crippen LogP contribution < -0.4 is 30.0 Å². The van der Waals surface area contributed by atoms with E-state index in [-0.39, 0.29) is 52.3 Å². The summed E-state index contributed by atoms with van der Waals surface area (Å²) in [5, 5.41) is 18.7. The molecular formula is C32H32F3N5O7. The molecule has 2 amide bonds. The monoisotopic (exact) mass is 655 g/mol. The number of nitrogens with two attached hydrogens (primary N) is 1. The summed E-state index contributed by atoms with van der Waals surface area (Å²) in [7, 11) is 4.20. The van der Waals surface area contributed by atoms with Gasteiger partial charge in [0.15, 0.2) is 11.5 Å². The number of alkyl halides is 3. The molecule has 1 aliphatic heterocycles. The molecule has 12 nitrogen and oxygen atoms in total. The number of nitrogens with zero attached hydrogens (tertiary/aromatic N) is 3. The molecule has 2 aliphatic rings. The summed E-state index contributed by atoms with van der Waals surface area (Å²) in [5.74, 6) is -0.888. The van der Waals surface area contributed by atoms with E-state index in [0.29, 0.717) is 16.7 Å². The Morgan fingerprint density at radius 2 is 1.79 bits per heavy atom. The van der Waals surface area contributed by atoms with Crippen LogP contribution in [0.2, 0.25) is 0 Å². The van der Waals surface area contributed by atoms with Gasteiger partial charge in [0.25, 0.3) is 5.91 Å². The van der Waals surface area contributed by atoms with Crippen LogP contribution in [0.5, 0.6) is 23.0 Å². The SMILES string of the molecule is COc1ccc(-c2nc(C(O)(CNC(=O)c3cc(OC)c4nn(C5CC5)cc4c3)C(F)(F)F)cc3c2OC[C@]3(C)C(N)=O)cc1OC. The lowest BCUT2D eigenvalue weighted by Crippen LogP contribution is -2.51. The maximum absolute atomic E-state index is 14.9. The third kappa shape index (κ3) is 5.33. The number of hydrogen-bond donors (Lipinski definition) is 3. The van der Waals surface area contributed by atoms with Gasteiger partial charge in [0, 0.05) is 28.3 Å². The van der Waals surface area contributed by atoms with E-state index >= 15 is 0 Å². The van der Waals surface area contributed by atoms with E-state index in [4.69, 9.17) is 24.7 Å². The molecule has 47 heavy (non-hydrogen) atoms. The van der Waals surface area contributed by atoms with Crippen molar-refractivity contribution >= 4 is 22.7 Å². The van der Waals surface area contributed by atoms with Crippen LogP contribution in [0.4, 0.5) is 13.2 Å². The molecule has 1 unspecified atom stereocenters. The molecule has 3 heterocycles. The molecule has 1 fully saturated rings. The zero-order valence-electron chi connectivity index (χ0n) is 25.9. The molecular weight excluding hydrogens is 623 g/mol. The van der Waals surface area contributed by atoms with Crippen molar-refractivity contribution in [2.75, 3.05) is 34.5 Å². The highest BCUT2D eigenvalue weighted by atomic mass is 19.4. The van der Waals surface area contributed by atoms with Crippen molar-refractivity contribution in [2.24, 2.45) is 5.73 Å². The zero-order valence-corrected chi connectivity index (χ0v) is 25.9. The topological polar surface area (TPSA) is 160 Å². The van der Waals surface area contributed by atoms with E-state index < -0.39 is 41.2 Å². The van der Waals surface area contributed by atoms with Gasteiger partial charge in [0.05, 0.1) is 39.6 Å². The van der Waals surface area contributed by atoms with E-state index in [2.05, 4.69) is 15.4 Å². The minimum absolute atomic E-state index is 0.00291. The van der Waals surface area contributed by atoms with E-state index in [0.717, 1.165) is 18.9 Å². The lowest BCUT2D eigenvalue weighted by Gasteiger charge is -2.31. The third-order valence-electron chi connectivity index (χ3n) is 8.67. The van der Waals surface area contributed by atoms with Gasteiger partial charge >= 0.3 is 6.18 Å². The highest BCUT2D eigenvalue weighted by Crippen LogP contribution is 2.48. The number of nitrogens with one attached hydrogen (secondary N) is 1. The fourth-order valence-electron chi connectivity index (χ4n) is 5.56. The first-order valence-electron chi connectivity index (χ1n) is 14.6. The van der Waals surface area contributed by atoms with Crippen molar-refractivity contribution in [3.8, 4) is 34.3 Å². The molecule has 2 aromatic carbocycles. The summed E-state index contributed by atoms with van der Waals surface area (Å²) in [6.07, 6.45) is -1.66. The molecule has 0 spiro atoms. The number of carbonyl (C=O) groups is 2. The summed E-state index contributed by atoms with van der Waals surface area (Å²) >= 11 is 0. The lowest BCUT2D eigenvalue weighted by molar-refractivity contribution is -0.265. The average molecular weight is 656 g/mol. The van der Waals surface area contributed by atoms with E-state index in [9.17, 15) is 27.9 Å². The fourth-order valence-corrected chi connectivity index (χ4v) is 5.56. The second-order valence-corrected chi connectivity index (χ2v) is 11.8. The highest BCUT2D eigenvalue weighted by molar-refractivity contribution is 6.00. The second kappa shape index (κ2) is 11.3. The number of methoxy groups -OCH3 is 3. The van der Waals surface area contributed by atoms with Crippen molar-refractivity contribution in [2.45, 2.75) is 43.0 Å². The van der Waals surface area contributed by atoms with Crippen molar-refractivity contribution in [1.82, 2.24) is 20.1 Å². The molecule has 2 atom stereocenters. The predicted octanol–water partition coefficient (Wildman–Crippen LogP) is 3.77. The molecule has 1 saturated carbocycles. The third-order valence-corrected chi connectivity index (χ3v) is 8.67. The average Bonchev–Trinajstić information content (AvgIpc) is 3.72. The van der Waals surface area contributed by atoms with Crippen LogP contribution in [0, 0.1) is 0 Å². The van der Waals surface area contributed by atoms with Gasteiger partial charge in [-0.1, -0.05) is 0 Å². The quantitative estimate of drug-likeness (QED) is 0.231. The summed E-state index contributed by atoms with van der Waals surface area (Å²) in [6.45, 7) is -0.166. The van der Waals surface area contributed by atoms with Gasteiger partial charge in [-0.2, -0.15) is 18.3 Å². The van der Waals surface area contributed by atoms with Gasteiger partial charge in [0.2, 0.25) is 11.5 Å². The number of aromatic nitrogens is 3. The fraction of sp³-hybridized carbons (Fsp3) is 0.375. The lowest BCUT2D eigenvalue weighted by atomic mass is 9.81. The van der Waals surface area contributed by atoms with Crippen molar-refractivity contribution in [3.63, 3.8) is 0 Å². The van der Waals surface area contributed by atoms with Crippen molar-refractivity contribution < 1.29 is 46.8 Å². The van der Waals surface area contributed by atoms with Gasteiger partial charge in [-0.15, -0.1) is 0 Å². The maximum Gasteiger partial charge on any atom is 0.424 e. The van der Waals surface area contributed by atoms with Crippen LogP contribution in [0.1, 0.15) is 47.4 Å². The smallest absolute Gasteiger partial charge is 0.424 e. The molecule has 0 radical (unpaired) electrons. The Balaban J connectivity index is 1.42. The van der Waals surface area contributed by atoms with Crippen LogP contribution in [-0.2, 0) is 15.8 Å². The molecule has 4 aromatic rings. The largest absolute Gasteiger partial charge is 0.494 e. The van der Waals surface area contributed by atoms with Crippen molar-refractivity contribution in [1.29, 1.82) is 0 Å². The molecule has 15 heteroatoms. The Morgan fingerprint density at radius 3 is 2.40 bits per heavy atom. The Morgan fingerprint density at radius 1 is 1.09 bits per heavy atom. The number of carbonyl (C=O) groups excluding carboxylic acids is 2. The number of hydrogen-bond acceptors (Lipinski definition) is 9. The summed E-state index contributed by atoms with van der Waals surface area (Å²) in [5.41, 5.74) is 0.166. The predicted molar refractivity (Wildman–Crippen MR) is 162 cm³/mol. The Kier molecular flexibility index (Phi) is 7.69. The van der Waals surface area contributed by atoms with E-state index in [1.165, 1.54) is 58.6 Å². The number of rotatable bonds is 10. The summed E-state index contributed by atoms with van der Waals surface area (Å²) in [4.78, 5) is 30.1. The number of pyridine rings is 1. The Labute approximate surface area is 266 Å². The Hall–Kier alpha value is -5.05. The minimum Gasteiger partial charge on any atom is -0.494 e. The molecule has 6 rings (SSSR count). The molecule has 4 N–H and O–H groups in total. The number of aliphatic hydroxyl groups is 1. The first-order chi connectivity index (χ1) is 22.2. The normalized spacial score (nSPS) is 18.6. The van der Waals surface area contributed by atoms with Crippen LogP contribution >= 0.6 is 0 Å². The van der Waals surface area contributed by atoms with Crippen LogP contribution in [0.3, 0.4) is 0 Å². The zero-order chi connectivity index (χ0) is 33.9. The van der Waals surface area contributed by atoms with Gasteiger partial charge in [0.1, 0.15) is 34.7 Å². The van der Waals surface area contributed by atoms with Crippen molar-refractivity contribution in [3.05, 3.63) is 59.4 Å².